The van der Waals surface area contributed by atoms with Crippen molar-refractivity contribution in [2.24, 2.45) is 0 Å². The van der Waals surface area contributed by atoms with Gasteiger partial charge in [-0.2, -0.15) is 9.36 Å². The highest BCUT2D eigenvalue weighted by molar-refractivity contribution is 6.30. The molecule has 5 nitrogen and oxygen atoms in total. The molecule has 0 aliphatic rings. The van der Waals surface area contributed by atoms with E-state index in [-0.39, 0.29) is 17.3 Å². The summed E-state index contributed by atoms with van der Waals surface area (Å²) in [4.78, 5) is 11.9. The van der Waals surface area contributed by atoms with Gasteiger partial charge in [0.25, 0.3) is 0 Å². The van der Waals surface area contributed by atoms with Gasteiger partial charge in [-0.05, 0) is 35.5 Å². The second-order valence-corrected chi connectivity index (χ2v) is 4.32. The Morgan fingerprint density at radius 2 is 2.22 bits per heavy atom. The third-order valence-corrected chi connectivity index (χ3v) is 2.43. The molecular formula is C11H10ClFN4O. The van der Waals surface area contributed by atoms with Crippen LogP contribution in [0.2, 0.25) is 5.02 Å². The fraction of sp³-hybridized carbons (Fsp3) is 0.182. The Labute approximate surface area is 107 Å². The van der Waals surface area contributed by atoms with Gasteiger partial charge in [-0.25, -0.2) is 9.18 Å². The van der Waals surface area contributed by atoms with E-state index >= 15 is 0 Å². The first kappa shape index (κ1) is 12.5. The van der Waals surface area contributed by atoms with E-state index in [4.69, 9.17) is 11.6 Å². The number of nitrogens with zero attached hydrogens (tertiary/aromatic N) is 4. The topological polar surface area (TPSA) is 52.7 Å². The lowest BCUT2D eigenvalue weighted by Gasteiger charge is -2.00. The molecule has 0 saturated heterocycles. The van der Waals surface area contributed by atoms with Crippen molar-refractivity contribution in [1.29, 1.82) is 0 Å². The summed E-state index contributed by atoms with van der Waals surface area (Å²) in [5, 5.41) is 7.52. The lowest BCUT2D eigenvalue weighted by Crippen LogP contribution is -2.25. The van der Waals surface area contributed by atoms with Crippen LogP contribution in [0.5, 0.6) is 0 Å². The molecule has 2 aromatic rings. The zero-order valence-electron chi connectivity index (χ0n) is 9.60. The number of allylic oxidation sites excluding steroid dienone is 1. The van der Waals surface area contributed by atoms with Crippen molar-refractivity contribution >= 4 is 11.6 Å². The van der Waals surface area contributed by atoms with Gasteiger partial charge in [-0.1, -0.05) is 23.8 Å². The smallest absolute Gasteiger partial charge is 0.244 e. The zero-order valence-corrected chi connectivity index (χ0v) is 10.4. The van der Waals surface area contributed by atoms with Crippen molar-refractivity contribution in [2.75, 3.05) is 0 Å². The molecule has 0 unspecified atom stereocenters. The fourth-order valence-electron chi connectivity index (χ4n) is 1.43. The largest absolute Gasteiger partial charge is 0.368 e. The molecule has 94 valence electrons. The molecule has 2 rings (SSSR count). The minimum atomic E-state index is -0.632. The summed E-state index contributed by atoms with van der Waals surface area (Å²) in [7, 11) is 0. The van der Waals surface area contributed by atoms with Gasteiger partial charge in [-0.3, -0.25) is 0 Å². The predicted octanol–water partition coefficient (Wildman–Crippen LogP) is 1.80. The van der Waals surface area contributed by atoms with Crippen molar-refractivity contribution < 1.29 is 4.39 Å². The number of rotatable bonds is 3. The number of aromatic nitrogens is 4. The average Bonchev–Trinajstić information content (AvgIpc) is 2.60. The van der Waals surface area contributed by atoms with Gasteiger partial charge in [0.2, 0.25) is 0 Å². The number of tetrazole rings is 1. The highest BCUT2D eigenvalue weighted by atomic mass is 35.5. The van der Waals surface area contributed by atoms with E-state index in [0.29, 0.717) is 0 Å². The first-order chi connectivity index (χ1) is 8.49. The molecule has 0 spiro atoms. The Morgan fingerprint density at radius 3 is 2.83 bits per heavy atom. The van der Waals surface area contributed by atoms with Crippen molar-refractivity contribution in [2.45, 2.75) is 13.5 Å². The van der Waals surface area contributed by atoms with E-state index in [1.54, 1.807) is 6.92 Å². The van der Waals surface area contributed by atoms with E-state index < -0.39 is 11.5 Å². The van der Waals surface area contributed by atoms with Gasteiger partial charge in [-0.15, -0.1) is 0 Å². The summed E-state index contributed by atoms with van der Waals surface area (Å²) < 4.78 is 15.6. The summed E-state index contributed by atoms with van der Waals surface area (Å²) in [6.45, 7) is 5.68. The Morgan fingerprint density at radius 1 is 1.50 bits per heavy atom. The Hall–Kier alpha value is -1.95. The second-order valence-electron chi connectivity index (χ2n) is 3.88. The molecule has 7 heteroatoms. The summed E-state index contributed by atoms with van der Waals surface area (Å²) in [5.41, 5.74) is 0.234. The molecule has 1 heterocycles. The minimum absolute atomic E-state index is 0.0114. The second kappa shape index (κ2) is 4.73. The van der Waals surface area contributed by atoms with E-state index in [2.05, 4.69) is 17.0 Å². The fourth-order valence-corrected chi connectivity index (χ4v) is 1.59. The summed E-state index contributed by atoms with van der Waals surface area (Å²) in [6.07, 6.45) is 0. The third kappa shape index (κ3) is 2.33. The molecule has 1 aromatic heterocycles. The molecular weight excluding hydrogens is 259 g/mol. The van der Waals surface area contributed by atoms with Crippen LogP contribution in [0.1, 0.15) is 6.92 Å². The van der Waals surface area contributed by atoms with Gasteiger partial charge in [0, 0.05) is 5.02 Å². The van der Waals surface area contributed by atoms with Crippen LogP contribution in [0, 0.1) is 5.82 Å². The highest BCUT2D eigenvalue weighted by Crippen LogP contribution is 2.16. The van der Waals surface area contributed by atoms with Crippen LogP contribution < -0.4 is 5.69 Å². The first-order valence-electron chi connectivity index (χ1n) is 5.11. The average molecular weight is 269 g/mol. The van der Waals surface area contributed by atoms with Gasteiger partial charge < -0.3 is 0 Å². The molecule has 0 aliphatic heterocycles. The van der Waals surface area contributed by atoms with Crippen molar-refractivity contribution in [3.05, 3.63) is 51.7 Å². The maximum absolute atomic E-state index is 13.6. The van der Waals surface area contributed by atoms with Crippen LogP contribution in [0.3, 0.4) is 0 Å². The van der Waals surface area contributed by atoms with Crippen LogP contribution in [-0.4, -0.2) is 19.8 Å². The molecule has 0 bridgehead atoms. The lowest BCUT2D eigenvalue weighted by molar-refractivity contribution is 0.604. The van der Waals surface area contributed by atoms with Crippen LogP contribution in [0.4, 0.5) is 4.39 Å². The third-order valence-electron chi connectivity index (χ3n) is 2.20. The normalized spacial score (nSPS) is 10.6. The van der Waals surface area contributed by atoms with Crippen LogP contribution in [0.15, 0.2) is 35.1 Å². The van der Waals surface area contributed by atoms with Crippen molar-refractivity contribution in [3.8, 4) is 5.69 Å². The summed E-state index contributed by atoms with van der Waals surface area (Å²) >= 11 is 5.64. The highest BCUT2D eigenvalue weighted by Gasteiger charge is 2.12. The molecule has 18 heavy (non-hydrogen) atoms. The molecule has 0 atom stereocenters. The van der Waals surface area contributed by atoms with Gasteiger partial charge in [0.1, 0.15) is 5.69 Å². The van der Waals surface area contributed by atoms with Crippen molar-refractivity contribution in [1.82, 2.24) is 19.8 Å². The van der Waals surface area contributed by atoms with Crippen LogP contribution in [-0.2, 0) is 6.54 Å². The number of halogens is 2. The van der Waals surface area contributed by atoms with Crippen LogP contribution >= 0.6 is 11.6 Å². The molecule has 0 radical (unpaired) electrons. The van der Waals surface area contributed by atoms with Gasteiger partial charge in [0.15, 0.2) is 5.82 Å². The predicted molar refractivity (Wildman–Crippen MR) is 65.4 cm³/mol. The van der Waals surface area contributed by atoms with Crippen molar-refractivity contribution in [3.63, 3.8) is 0 Å². The van der Waals surface area contributed by atoms with Gasteiger partial charge >= 0.3 is 5.69 Å². The van der Waals surface area contributed by atoms with Crippen LogP contribution in [0.25, 0.3) is 5.69 Å². The summed E-state index contributed by atoms with van der Waals surface area (Å²) in [6, 6.07) is 3.96. The van der Waals surface area contributed by atoms with E-state index in [1.807, 2.05) is 0 Å². The zero-order chi connectivity index (χ0) is 13.3. The summed E-state index contributed by atoms with van der Waals surface area (Å²) in [5.74, 6) is -0.632. The molecule has 0 fully saturated rings. The molecule has 0 saturated carbocycles. The maximum atomic E-state index is 13.6. The Balaban J connectivity index is 2.49. The molecule has 0 amide bonds. The minimum Gasteiger partial charge on any atom is -0.244 e. The van der Waals surface area contributed by atoms with E-state index in [9.17, 15) is 9.18 Å². The molecule has 0 N–H and O–H groups in total. The first-order valence-corrected chi connectivity index (χ1v) is 5.49. The van der Waals surface area contributed by atoms with Gasteiger partial charge in [0.05, 0.1) is 6.54 Å². The Bertz CT molecular complexity index is 661. The quantitative estimate of drug-likeness (QED) is 0.798. The van der Waals surface area contributed by atoms with E-state index in [1.165, 1.54) is 12.1 Å². The maximum Gasteiger partial charge on any atom is 0.368 e. The monoisotopic (exact) mass is 268 g/mol. The molecule has 1 aromatic carbocycles. The SMILES string of the molecule is C=C(C)Cn1nnn(-c2ccc(Cl)cc2F)c1=O. The number of hydrogen-bond acceptors (Lipinski definition) is 3. The van der Waals surface area contributed by atoms with E-state index in [0.717, 1.165) is 21.0 Å². The number of benzene rings is 1. The molecule has 0 aliphatic carbocycles. The Kier molecular flexibility index (Phi) is 3.29. The lowest BCUT2D eigenvalue weighted by atomic mass is 10.3. The standard InChI is InChI=1S/C11H10ClFN4O/c1-7(2)6-16-11(18)17(15-14-16)10-4-3-8(12)5-9(10)13/h3-5H,1,6H2,2H3. The number of hydrogen-bond donors (Lipinski definition) is 0.